The molecule has 0 spiro atoms. The zero-order valence-corrected chi connectivity index (χ0v) is 10.5. The van der Waals surface area contributed by atoms with E-state index in [0.29, 0.717) is 0 Å². The summed E-state index contributed by atoms with van der Waals surface area (Å²) in [4.78, 5) is 4.23. The number of hydrogen-bond donors (Lipinski definition) is 1. The molecule has 0 radical (unpaired) electrons. The molecule has 0 aliphatic rings. The van der Waals surface area contributed by atoms with Gasteiger partial charge in [0.1, 0.15) is 5.82 Å². The molecule has 2 rings (SSSR count). The van der Waals surface area contributed by atoms with Crippen LogP contribution in [0.1, 0.15) is 5.82 Å². The van der Waals surface area contributed by atoms with Crippen LogP contribution in [-0.2, 0) is 13.5 Å². The van der Waals surface area contributed by atoms with E-state index in [1.165, 1.54) is 11.3 Å². The highest BCUT2D eigenvalue weighted by molar-refractivity contribution is 9.11. The van der Waals surface area contributed by atoms with Crippen LogP contribution < -0.4 is 5.32 Å². The molecule has 2 aromatic heterocycles. The first kappa shape index (κ1) is 10.6. The predicted molar refractivity (Wildman–Crippen MR) is 63.0 cm³/mol. The maximum Gasteiger partial charge on any atom is 0.206 e. The molecular weight excluding hydrogens is 278 g/mol. The van der Waals surface area contributed by atoms with Crippen molar-refractivity contribution in [2.45, 2.75) is 6.42 Å². The molecule has 80 valence electrons. The van der Waals surface area contributed by atoms with Crippen molar-refractivity contribution < 1.29 is 0 Å². The van der Waals surface area contributed by atoms with Gasteiger partial charge in [-0.15, -0.1) is 10.2 Å². The van der Waals surface area contributed by atoms with E-state index in [2.05, 4.69) is 36.4 Å². The van der Waals surface area contributed by atoms with Gasteiger partial charge in [-0.2, -0.15) is 0 Å². The first-order valence-electron chi connectivity index (χ1n) is 4.45. The van der Waals surface area contributed by atoms with Crippen molar-refractivity contribution >= 4 is 32.4 Å². The maximum atomic E-state index is 4.23. The lowest BCUT2D eigenvalue weighted by Crippen LogP contribution is -2.08. The fourth-order valence-corrected chi connectivity index (χ4v) is 2.23. The van der Waals surface area contributed by atoms with Gasteiger partial charge in [0.05, 0.1) is 0 Å². The largest absolute Gasteiger partial charge is 0.360 e. The van der Waals surface area contributed by atoms with E-state index in [4.69, 9.17) is 0 Å². The van der Waals surface area contributed by atoms with Gasteiger partial charge in [-0.25, -0.2) is 4.98 Å². The Balaban J connectivity index is 1.83. The Kier molecular flexibility index (Phi) is 3.32. The lowest BCUT2D eigenvalue weighted by atomic mass is 10.4. The van der Waals surface area contributed by atoms with Gasteiger partial charge in [-0.05, 0) is 15.9 Å². The minimum absolute atomic E-state index is 0.794. The second-order valence-corrected chi connectivity index (χ2v) is 5.24. The molecule has 0 bridgehead atoms. The highest BCUT2D eigenvalue weighted by atomic mass is 79.9. The normalized spacial score (nSPS) is 10.5. The van der Waals surface area contributed by atoms with Gasteiger partial charge in [-0.3, -0.25) is 0 Å². The molecule has 7 heteroatoms. The van der Waals surface area contributed by atoms with Crippen LogP contribution >= 0.6 is 27.3 Å². The zero-order valence-electron chi connectivity index (χ0n) is 8.14. The van der Waals surface area contributed by atoms with Crippen LogP contribution in [0.15, 0.2) is 16.3 Å². The summed E-state index contributed by atoms with van der Waals surface area (Å²) in [7, 11) is 1.99. The van der Waals surface area contributed by atoms with Gasteiger partial charge in [0.2, 0.25) is 5.13 Å². The summed E-state index contributed by atoms with van der Waals surface area (Å²) in [6.07, 6.45) is 4.62. The molecule has 0 aromatic carbocycles. The van der Waals surface area contributed by atoms with Crippen LogP contribution in [0.2, 0.25) is 0 Å². The van der Waals surface area contributed by atoms with E-state index in [-0.39, 0.29) is 0 Å². The second-order valence-electron chi connectivity index (χ2n) is 2.99. The van der Waals surface area contributed by atoms with Crippen molar-refractivity contribution in [1.29, 1.82) is 0 Å². The molecule has 0 atom stereocenters. The van der Waals surface area contributed by atoms with Crippen molar-refractivity contribution in [2.75, 3.05) is 11.9 Å². The van der Waals surface area contributed by atoms with Gasteiger partial charge in [0.25, 0.3) is 0 Å². The van der Waals surface area contributed by atoms with Crippen LogP contribution in [0.25, 0.3) is 0 Å². The van der Waals surface area contributed by atoms with Crippen molar-refractivity contribution in [3.63, 3.8) is 0 Å². The van der Waals surface area contributed by atoms with Crippen LogP contribution in [0.5, 0.6) is 0 Å². The van der Waals surface area contributed by atoms with Crippen molar-refractivity contribution in [3.05, 3.63) is 22.1 Å². The number of rotatable bonds is 4. The average molecular weight is 288 g/mol. The summed E-state index contributed by atoms with van der Waals surface area (Å²) in [6, 6.07) is 0. The fourth-order valence-electron chi connectivity index (χ4n) is 1.20. The Labute approximate surface area is 99.7 Å². The standard InChI is InChI=1S/C8H10BrN5S/c1-14-5-4-10-6(14)2-3-11-8-13-12-7(9)15-8/h4-5H,2-3H2,1H3,(H,11,13). The monoisotopic (exact) mass is 287 g/mol. The third-order valence-electron chi connectivity index (χ3n) is 1.95. The summed E-state index contributed by atoms with van der Waals surface area (Å²) in [5.74, 6) is 1.06. The zero-order chi connectivity index (χ0) is 10.7. The quantitative estimate of drug-likeness (QED) is 0.930. The van der Waals surface area contributed by atoms with Crippen molar-refractivity contribution in [1.82, 2.24) is 19.7 Å². The van der Waals surface area contributed by atoms with Gasteiger partial charge < -0.3 is 9.88 Å². The second kappa shape index (κ2) is 4.71. The Hall–Kier alpha value is -0.950. The minimum Gasteiger partial charge on any atom is -0.360 e. The molecular formula is C8H10BrN5S. The third kappa shape index (κ3) is 2.75. The topological polar surface area (TPSA) is 55.6 Å². The molecule has 0 amide bonds. The van der Waals surface area contributed by atoms with Crippen LogP contribution in [-0.4, -0.2) is 26.3 Å². The number of nitrogens with zero attached hydrogens (tertiary/aromatic N) is 4. The van der Waals surface area contributed by atoms with Crippen molar-refractivity contribution in [3.8, 4) is 0 Å². The molecule has 5 nitrogen and oxygen atoms in total. The lowest BCUT2D eigenvalue weighted by molar-refractivity contribution is 0.788. The van der Waals surface area contributed by atoms with E-state index < -0.39 is 0 Å². The van der Waals surface area contributed by atoms with Crippen LogP contribution in [0, 0.1) is 0 Å². The van der Waals surface area contributed by atoms with Crippen LogP contribution in [0.4, 0.5) is 5.13 Å². The molecule has 0 aliphatic heterocycles. The Morgan fingerprint density at radius 3 is 3.00 bits per heavy atom. The molecule has 0 saturated carbocycles. The highest BCUT2D eigenvalue weighted by Crippen LogP contribution is 2.19. The molecule has 2 heterocycles. The van der Waals surface area contributed by atoms with E-state index in [1.54, 1.807) is 6.20 Å². The van der Waals surface area contributed by atoms with Gasteiger partial charge in [0.15, 0.2) is 3.92 Å². The Morgan fingerprint density at radius 2 is 2.40 bits per heavy atom. The Morgan fingerprint density at radius 1 is 1.53 bits per heavy atom. The predicted octanol–water partition coefficient (Wildman–Crippen LogP) is 1.69. The van der Waals surface area contributed by atoms with Gasteiger partial charge >= 0.3 is 0 Å². The minimum atomic E-state index is 0.794. The van der Waals surface area contributed by atoms with E-state index in [1.807, 2.05) is 17.8 Å². The molecule has 15 heavy (non-hydrogen) atoms. The van der Waals surface area contributed by atoms with E-state index in [0.717, 1.165) is 27.8 Å². The number of imidazole rings is 1. The first-order chi connectivity index (χ1) is 7.25. The number of nitrogens with one attached hydrogen (secondary N) is 1. The molecule has 0 saturated heterocycles. The van der Waals surface area contributed by atoms with Crippen LogP contribution in [0.3, 0.4) is 0 Å². The molecule has 2 aromatic rings. The highest BCUT2D eigenvalue weighted by Gasteiger charge is 2.02. The number of aromatic nitrogens is 4. The lowest BCUT2D eigenvalue weighted by Gasteiger charge is -2.02. The molecule has 0 aliphatic carbocycles. The molecule has 1 N–H and O–H groups in total. The maximum absolute atomic E-state index is 4.23. The number of aryl methyl sites for hydroxylation is 1. The summed E-state index contributed by atoms with van der Waals surface area (Å²) in [5, 5.41) is 11.8. The molecule has 0 unspecified atom stereocenters. The van der Waals surface area contributed by atoms with E-state index >= 15 is 0 Å². The third-order valence-corrected chi connectivity index (χ3v) is 3.26. The summed E-state index contributed by atoms with van der Waals surface area (Å²) in [6.45, 7) is 0.812. The van der Waals surface area contributed by atoms with Gasteiger partial charge in [0, 0.05) is 32.4 Å². The Bertz CT molecular complexity index is 438. The number of hydrogen-bond acceptors (Lipinski definition) is 5. The average Bonchev–Trinajstić information content (AvgIpc) is 2.77. The summed E-state index contributed by atoms with van der Waals surface area (Å²) >= 11 is 4.75. The first-order valence-corrected chi connectivity index (χ1v) is 6.06. The number of halogens is 1. The number of anilines is 1. The fraction of sp³-hybridized carbons (Fsp3) is 0.375. The van der Waals surface area contributed by atoms with Crippen molar-refractivity contribution in [2.24, 2.45) is 7.05 Å². The summed E-state index contributed by atoms with van der Waals surface area (Å²) in [5.41, 5.74) is 0. The SMILES string of the molecule is Cn1ccnc1CCNc1nnc(Br)s1. The smallest absolute Gasteiger partial charge is 0.206 e. The van der Waals surface area contributed by atoms with E-state index in [9.17, 15) is 0 Å². The van der Waals surface area contributed by atoms with Gasteiger partial charge in [-0.1, -0.05) is 11.3 Å². The molecule has 0 fully saturated rings. The summed E-state index contributed by atoms with van der Waals surface area (Å²) < 4.78 is 2.81.